The van der Waals surface area contributed by atoms with E-state index in [2.05, 4.69) is 9.84 Å². The summed E-state index contributed by atoms with van der Waals surface area (Å²) < 4.78 is 74.3. The summed E-state index contributed by atoms with van der Waals surface area (Å²) in [7, 11) is 2.62. The molecule has 1 aromatic carbocycles. The highest BCUT2D eigenvalue weighted by molar-refractivity contribution is 5.88. The first-order valence-electron chi connectivity index (χ1n) is 7.37. The number of ether oxygens (including phenoxy) is 2. The van der Waals surface area contributed by atoms with E-state index in [1.165, 1.54) is 26.3 Å². The molecule has 1 heterocycles. The maximum Gasteiger partial charge on any atom is 0.412 e. The maximum atomic E-state index is 13.3. The first-order valence-corrected chi connectivity index (χ1v) is 7.37. The van der Waals surface area contributed by atoms with Gasteiger partial charge < -0.3 is 14.8 Å². The van der Waals surface area contributed by atoms with Crippen LogP contribution in [0, 0.1) is 0 Å². The Morgan fingerprint density at radius 1 is 1.22 bits per heavy atom. The predicted octanol–water partition coefficient (Wildman–Crippen LogP) is 3.46. The summed E-state index contributed by atoms with van der Waals surface area (Å²) >= 11 is 0. The fourth-order valence-electron chi connectivity index (χ4n) is 2.15. The van der Waals surface area contributed by atoms with Crippen molar-refractivity contribution in [3.05, 3.63) is 35.9 Å². The van der Waals surface area contributed by atoms with Gasteiger partial charge in [0.15, 0.2) is 11.9 Å². The van der Waals surface area contributed by atoms with E-state index in [-0.39, 0.29) is 17.3 Å². The second-order valence-electron chi connectivity index (χ2n) is 5.22. The number of aromatic nitrogens is 2. The molecule has 0 fully saturated rings. The third kappa shape index (κ3) is 5.46. The summed E-state index contributed by atoms with van der Waals surface area (Å²) in [5.74, 6) is -0.284. The third-order valence-electron chi connectivity index (χ3n) is 3.34. The van der Waals surface area contributed by atoms with Crippen molar-refractivity contribution in [1.29, 1.82) is 0 Å². The van der Waals surface area contributed by atoms with Crippen molar-refractivity contribution in [2.45, 2.75) is 18.8 Å². The van der Waals surface area contributed by atoms with E-state index in [0.29, 0.717) is 5.75 Å². The van der Waals surface area contributed by atoms with Gasteiger partial charge in [0.25, 0.3) is 0 Å². The lowest BCUT2D eigenvalue weighted by Gasteiger charge is -2.22. The Morgan fingerprint density at radius 2 is 1.85 bits per heavy atom. The molecule has 0 spiro atoms. The minimum absolute atomic E-state index is 0.221. The summed E-state index contributed by atoms with van der Waals surface area (Å²) in [5.41, 5.74) is -0.221. The number of hydrogen-bond donors (Lipinski definition) is 2. The van der Waals surface area contributed by atoms with Gasteiger partial charge in [0.2, 0.25) is 5.88 Å². The van der Waals surface area contributed by atoms with Gasteiger partial charge in [-0.3, -0.25) is 5.32 Å². The van der Waals surface area contributed by atoms with Gasteiger partial charge in [0.1, 0.15) is 5.75 Å². The number of nitrogens with zero attached hydrogens (tertiary/aromatic N) is 2. The number of halogens is 5. The van der Waals surface area contributed by atoms with Crippen LogP contribution < -0.4 is 20.1 Å². The number of amides is 2. The van der Waals surface area contributed by atoms with Crippen molar-refractivity contribution in [2.75, 3.05) is 12.4 Å². The van der Waals surface area contributed by atoms with Crippen LogP contribution in [-0.2, 0) is 7.05 Å². The molecule has 7 nitrogen and oxygen atoms in total. The summed E-state index contributed by atoms with van der Waals surface area (Å²) in [5, 5.41) is 7.47. The molecule has 12 heteroatoms. The van der Waals surface area contributed by atoms with Crippen LogP contribution in [0.5, 0.6) is 11.6 Å². The van der Waals surface area contributed by atoms with Crippen LogP contribution in [0.2, 0.25) is 0 Å². The fraction of sp³-hybridized carbons (Fsp3) is 0.333. The van der Waals surface area contributed by atoms with E-state index in [9.17, 15) is 26.7 Å². The second-order valence-corrected chi connectivity index (χ2v) is 5.22. The van der Waals surface area contributed by atoms with Crippen molar-refractivity contribution in [2.24, 2.45) is 7.05 Å². The van der Waals surface area contributed by atoms with Gasteiger partial charge >= 0.3 is 18.8 Å². The molecule has 2 N–H and O–H groups in total. The van der Waals surface area contributed by atoms with Crippen molar-refractivity contribution in [1.82, 2.24) is 15.1 Å². The smallest absolute Gasteiger partial charge is 0.412 e. The van der Waals surface area contributed by atoms with E-state index in [1.807, 2.05) is 5.32 Å². The summed E-state index contributed by atoms with van der Waals surface area (Å²) in [6.07, 6.45) is -4.78. The molecule has 0 aliphatic heterocycles. The molecule has 1 aromatic heterocycles. The van der Waals surface area contributed by atoms with Gasteiger partial charge in [-0.2, -0.15) is 27.1 Å². The van der Waals surface area contributed by atoms with Crippen molar-refractivity contribution < 1.29 is 36.2 Å². The van der Waals surface area contributed by atoms with Gasteiger partial charge in [-0.15, -0.1) is 0 Å². The van der Waals surface area contributed by atoms with Crippen LogP contribution in [0.15, 0.2) is 30.3 Å². The molecular weight excluding hydrogens is 379 g/mol. The molecule has 2 aromatic rings. The molecule has 0 radical (unpaired) electrons. The second kappa shape index (κ2) is 8.10. The third-order valence-corrected chi connectivity index (χ3v) is 3.34. The molecule has 1 atom stereocenters. The highest BCUT2D eigenvalue weighted by atomic mass is 19.4. The zero-order valence-electron chi connectivity index (χ0n) is 14.1. The lowest BCUT2D eigenvalue weighted by atomic mass is 10.1. The van der Waals surface area contributed by atoms with E-state index in [1.54, 1.807) is 5.32 Å². The van der Waals surface area contributed by atoms with Crippen molar-refractivity contribution in [3.63, 3.8) is 0 Å². The molecule has 0 unspecified atom stereocenters. The number of methoxy groups -OCH3 is 1. The normalized spacial score (nSPS) is 12.6. The number of urea groups is 1. The minimum Gasteiger partial charge on any atom is -0.497 e. The largest absolute Gasteiger partial charge is 0.497 e. The Labute approximate surface area is 150 Å². The Bertz CT molecular complexity index is 777. The monoisotopic (exact) mass is 394 g/mol. The number of aryl methyl sites for hydroxylation is 1. The molecule has 148 valence electrons. The number of alkyl halides is 5. The molecule has 27 heavy (non-hydrogen) atoms. The quantitative estimate of drug-likeness (QED) is 0.736. The Kier molecular flexibility index (Phi) is 6.08. The first-order chi connectivity index (χ1) is 12.6. The standard InChI is InChI=1S/C15H15F5N4O3/c1-24-11(27-13(16)17)7-10(23-24)21-14(25)22-12(15(18,19)20)8-3-5-9(26-2)6-4-8/h3-7,12-13H,1-2H3,(H2,21,22,23,25)/t12-/m1/s1. The van der Waals surface area contributed by atoms with Crippen molar-refractivity contribution in [3.8, 4) is 11.6 Å². The molecule has 2 rings (SSSR count). The predicted molar refractivity (Wildman–Crippen MR) is 83.8 cm³/mol. The van der Waals surface area contributed by atoms with E-state index < -0.39 is 24.9 Å². The highest BCUT2D eigenvalue weighted by Crippen LogP contribution is 2.33. The van der Waals surface area contributed by atoms with Crippen LogP contribution in [0.4, 0.5) is 32.6 Å². The van der Waals surface area contributed by atoms with Crippen LogP contribution in [0.25, 0.3) is 0 Å². The van der Waals surface area contributed by atoms with Crippen LogP contribution >= 0.6 is 0 Å². The molecule has 0 aliphatic rings. The zero-order valence-corrected chi connectivity index (χ0v) is 14.1. The number of carbonyl (C=O) groups excluding carboxylic acids is 1. The van der Waals surface area contributed by atoms with Crippen LogP contribution in [0.3, 0.4) is 0 Å². The molecular formula is C15H15F5N4O3. The SMILES string of the molecule is COc1ccc([C@@H](NC(=O)Nc2cc(OC(F)F)n(C)n2)C(F)(F)F)cc1. The highest BCUT2D eigenvalue weighted by Gasteiger charge is 2.42. The number of carbonyl (C=O) groups is 1. The molecule has 0 bridgehead atoms. The zero-order chi connectivity index (χ0) is 20.2. The fourth-order valence-corrected chi connectivity index (χ4v) is 2.15. The summed E-state index contributed by atoms with van der Waals surface area (Å²) in [6.45, 7) is -3.12. The minimum atomic E-state index is -4.78. The van der Waals surface area contributed by atoms with E-state index in [4.69, 9.17) is 4.74 Å². The lowest BCUT2D eigenvalue weighted by molar-refractivity contribution is -0.154. The number of hydrogen-bond acceptors (Lipinski definition) is 4. The molecule has 2 amide bonds. The van der Waals surface area contributed by atoms with Crippen LogP contribution in [0.1, 0.15) is 11.6 Å². The van der Waals surface area contributed by atoms with Gasteiger partial charge in [-0.05, 0) is 17.7 Å². The van der Waals surface area contributed by atoms with Gasteiger partial charge in [-0.1, -0.05) is 12.1 Å². The Hall–Kier alpha value is -3.05. The topological polar surface area (TPSA) is 77.4 Å². The van der Waals surface area contributed by atoms with Gasteiger partial charge in [0, 0.05) is 13.1 Å². The lowest BCUT2D eigenvalue weighted by Crippen LogP contribution is -2.40. The number of nitrogens with one attached hydrogen (secondary N) is 2. The first kappa shape index (κ1) is 20.3. The number of rotatable bonds is 6. The summed E-state index contributed by atoms with van der Waals surface area (Å²) in [6, 6.07) is 2.38. The van der Waals surface area contributed by atoms with E-state index >= 15 is 0 Å². The van der Waals surface area contributed by atoms with Gasteiger partial charge in [0.05, 0.1) is 7.11 Å². The van der Waals surface area contributed by atoms with Gasteiger partial charge in [-0.25, -0.2) is 9.48 Å². The molecule has 0 saturated carbocycles. The Balaban J connectivity index is 2.12. The molecule has 0 aliphatic carbocycles. The van der Waals surface area contributed by atoms with Crippen LogP contribution in [-0.4, -0.2) is 35.7 Å². The average Bonchev–Trinajstić information content (AvgIpc) is 2.90. The van der Waals surface area contributed by atoms with Crippen molar-refractivity contribution >= 4 is 11.8 Å². The average molecular weight is 394 g/mol. The van der Waals surface area contributed by atoms with E-state index in [0.717, 1.165) is 22.9 Å². The number of benzene rings is 1. The summed E-state index contributed by atoms with van der Waals surface area (Å²) in [4.78, 5) is 11.9. The number of anilines is 1. The maximum absolute atomic E-state index is 13.3. The Morgan fingerprint density at radius 3 is 2.37 bits per heavy atom. The molecule has 0 saturated heterocycles.